The topological polar surface area (TPSA) is 83.0 Å². The number of ketones is 1. The number of hydrogen-bond acceptors (Lipinski definition) is 6. The fourth-order valence-electron chi connectivity index (χ4n) is 3.85. The van der Waals surface area contributed by atoms with E-state index in [0.717, 1.165) is 11.3 Å². The van der Waals surface area contributed by atoms with Gasteiger partial charge in [0.15, 0.2) is 0 Å². The SMILES string of the molecule is CCOc1ccc(/C(O)=C2/C(=O)C(=O)N(CCN(C)C)C2c2ccccn2)cc1C(C)C. The summed E-state index contributed by atoms with van der Waals surface area (Å²) in [5.41, 5.74) is 2.00. The first-order valence-electron chi connectivity index (χ1n) is 10.9. The largest absolute Gasteiger partial charge is 0.507 e. The number of aliphatic hydroxyl groups excluding tert-OH is 1. The molecule has 1 atom stereocenters. The number of Topliss-reactive ketones (excluding diaryl/α,β-unsaturated/α-hetero) is 1. The van der Waals surface area contributed by atoms with E-state index < -0.39 is 17.7 Å². The Balaban J connectivity index is 2.14. The van der Waals surface area contributed by atoms with E-state index in [1.807, 2.05) is 51.9 Å². The minimum Gasteiger partial charge on any atom is -0.507 e. The Morgan fingerprint density at radius 2 is 1.97 bits per heavy atom. The van der Waals surface area contributed by atoms with Crippen LogP contribution in [0.2, 0.25) is 0 Å². The number of benzene rings is 1. The van der Waals surface area contributed by atoms with Gasteiger partial charge in [0, 0.05) is 24.8 Å². The third kappa shape index (κ3) is 4.67. The predicted molar refractivity (Wildman–Crippen MR) is 124 cm³/mol. The standard InChI is InChI=1S/C25H31N3O4/c1-6-32-20-11-10-17(15-18(20)16(2)3)23(29)21-22(19-9-7-8-12-26-19)28(14-13-27(4)5)25(31)24(21)30/h7-12,15-16,22,29H,6,13-14H2,1-5H3/b23-21-. The van der Waals surface area contributed by atoms with Crippen molar-refractivity contribution < 1.29 is 19.4 Å². The van der Waals surface area contributed by atoms with Crippen LogP contribution >= 0.6 is 0 Å². The third-order valence-corrected chi connectivity index (χ3v) is 5.50. The van der Waals surface area contributed by atoms with Crippen molar-refractivity contribution >= 4 is 17.4 Å². The van der Waals surface area contributed by atoms with Gasteiger partial charge in [-0.25, -0.2) is 0 Å². The van der Waals surface area contributed by atoms with Gasteiger partial charge in [0.2, 0.25) is 0 Å². The molecule has 0 spiro atoms. The van der Waals surface area contributed by atoms with Crippen molar-refractivity contribution in [2.24, 2.45) is 0 Å². The van der Waals surface area contributed by atoms with E-state index in [-0.39, 0.29) is 17.3 Å². The van der Waals surface area contributed by atoms with Crippen LogP contribution in [0.5, 0.6) is 5.75 Å². The van der Waals surface area contributed by atoms with Gasteiger partial charge in [-0.15, -0.1) is 0 Å². The van der Waals surface area contributed by atoms with Crippen molar-refractivity contribution in [1.29, 1.82) is 0 Å². The Kier molecular flexibility index (Phi) is 7.30. The van der Waals surface area contributed by atoms with Crippen LogP contribution in [0.3, 0.4) is 0 Å². The number of hydrogen-bond donors (Lipinski definition) is 1. The lowest BCUT2D eigenvalue weighted by Crippen LogP contribution is -2.35. The first kappa shape index (κ1) is 23.5. The highest BCUT2D eigenvalue weighted by Crippen LogP contribution is 2.39. The molecule has 7 heteroatoms. The lowest BCUT2D eigenvalue weighted by Gasteiger charge is -2.25. The van der Waals surface area contributed by atoms with E-state index in [1.54, 1.807) is 30.5 Å². The molecule has 1 saturated heterocycles. The van der Waals surface area contributed by atoms with Crippen molar-refractivity contribution in [2.45, 2.75) is 32.7 Å². The van der Waals surface area contributed by atoms with Crippen molar-refractivity contribution in [3.05, 3.63) is 65.0 Å². The van der Waals surface area contributed by atoms with Crippen LogP contribution in [0, 0.1) is 0 Å². The fraction of sp³-hybridized carbons (Fsp3) is 0.400. The zero-order valence-electron chi connectivity index (χ0n) is 19.3. The maximum atomic E-state index is 13.1. The Morgan fingerprint density at radius 1 is 1.22 bits per heavy atom. The Bertz CT molecular complexity index is 1020. The molecule has 1 aromatic carbocycles. The van der Waals surface area contributed by atoms with Gasteiger partial charge in [-0.2, -0.15) is 0 Å². The highest BCUT2D eigenvalue weighted by Gasteiger charge is 2.46. The van der Waals surface area contributed by atoms with Crippen molar-refractivity contribution in [2.75, 3.05) is 33.8 Å². The number of nitrogens with zero attached hydrogens (tertiary/aromatic N) is 3. The summed E-state index contributed by atoms with van der Waals surface area (Å²) in [6.07, 6.45) is 1.62. The molecule has 0 saturated carbocycles. The van der Waals surface area contributed by atoms with Crippen LogP contribution in [0.25, 0.3) is 5.76 Å². The summed E-state index contributed by atoms with van der Waals surface area (Å²) in [6.45, 7) is 7.44. The van der Waals surface area contributed by atoms with Crippen LogP contribution < -0.4 is 4.74 Å². The van der Waals surface area contributed by atoms with Crippen molar-refractivity contribution in [3.63, 3.8) is 0 Å². The minimum absolute atomic E-state index is 0.0614. The number of likely N-dealkylation sites (N-methyl/N-ethyl adjacent to an activating group) is 1. The number of rotatable bonds is 8. The first-order valence-corrected chi connectivity index (χ1v) is 10.9. The van der Waals surface area contributed by atoms with Gasteiger partial charge in [0.25, 0.3) is 11.7 Å². The van der Waals surface area contributed by atoms with Crippen LogP contribution in [0.1, 0.15) is 49.6 Å². The zero-order chi connectivity index (χ0) is 23.4. The second-order valence-corrected chi connectivity index (χ2v) is 8.39. The average molecular weight is 438 g/mol. The van der Waals surface area contributed by atoms with Crippen LogP contribution in [-0.4, -0.2) is 65.4 Å². The van der Waals surface area contributed by atoms with Gasteiger partial charge in [0.05, 0.1) is 17.9 Å². The Morgan fingerprint density at radius 3 is 2.56 bits per heavy atom. The zero-order valence-corrected chi connectivity index (χ0v) is 19.3. The molecule has 0 bridgehead atoms. The highest BCUT2D eigenvalue weighted by molar-refractivity contribution is 6.46. The number of aromatic nitrogens is 1. The number of carbonyl (C=O) groups is 2. The summed E-state index contributed by atoms with van der Waals surface area (Å²) in [5, 5.41) is 11.3. The molecule has 1 fully saturated rings. The molecular weight excluding hydrogens is 406 g/mol. The maximum Gasteiger partial charge on any atom is 0.295 e. The number of amides is 1. The molecule has 0 aliphatic carbocycles. The van der Waals surface area contributed by atoms with E-state index in [1.165, 1.54) is 4.90 Å². The second kappa shape index (κ2) is 9.96. The van der Waals surface area contributed by atoms with Gasteiger partial charge in [0.1, 0.15) is 17.6 Å². The smallest absolute Gasteiger partial charge is 0.295 e. The average Bonchev–Trinajstić information content (AvgIpc) is 3.02. The molecular formula is C25H31N3O4. The van der Waals surface area contributed by atoms with Crippen LogP contribution in [0.4, 0.5) is 0 Å². The van der Waals surface area contributed by atoms with E-state index in [4.69, 9.17) is 4.74 Å². The molecule has 1 aliphatic rings. The predicted octanol–water partition coefficient (Wildman–Crippen LogP) is 3.59. The summed E-state index contributed by atoms with van der Waals surface area (Å²) in [5.74, 6) is -0.627. The quantitative estimate of drug-likeness (QED) is 0.386. The molecule has 1 amide bonds. The van der Waals surface area contributed by atoms with Crippen molar-refractivity contribution in [3.8, 4) is 5.75 Å². The molecule has 1 unspecified atom stereocenters. The normalized spacial score (nSPS) is 18.1. The molecule has 3 rings (SSSR count). The van der Waals surface area contributed by atoms with E-state index in [2.05, 4.69) is 4.98 Å². The number of carbonyl (C=O) groups excluding carboxylic acids is 2. The van der Waals surface area contributed by atoms with Gasteiger partial charge in [-0.05, 0) is 62.8 Å². The van der Waals surface area contributed by atoms with Gasteiger partial charge in [-0.3, -0.25) is 14.6 Å². The Hall–Kier alpha value is -3.19. The summed E-state index contributed by atoms with van der Waals surface area (Å²) >= 11 is 0. The monoisotopic (exact) mass is 437 g/mol. The van der Waals surface area contributed by atoms with E-state index in [0.29, 0.717) is 31.0 Å². The number of aliphatic hydroxyl groups is 1. The minimum atomic E-state index is -0.745. The third-order valence-electron chi connectivity index (χ3n) is 5.50. The maximum absolute atomic E-state index is 13.1. The van der Waals surface area contributed by atoms with Gasteiger partial charge in [-0.1, -0.05) is 19.9 Å². The summed E-state index contributed by atoms with van der Waals surface area (Å²) in [6, 6.07) is 9.95. The lowest BCUT2D eigenvalue weighted by molar-refractivity contribution is -0.140. The van der Waals surface area contributed by atoms with Gasteiger partial charge >= 0.3 is 0 Å². The molecule has 1 aliphatic heterocycles. The van der Waals surface area contributed by atoms with Gasteiger partial charge < -0.3 is 19.6 Å². The molecule has 170 valence electrons. The fourth-order valence-corrected chi connectivity index (χ4v) is 3.85. The number of ether oxygens (including phenoxy) is 1. The molecule has 2 heterocycles. The molecule has 32 heavy (non-hydrogen) atoms. The van der Waals surface area contributed by atoms with E-state index >= 15 is 0 Å². The van der Waals surface area contributed by atoms with Crippen LogP contribution in [-0.2, 0) is 9.59 Å². The number of likely N-dealkylation sites (tertiary alicyclic amines) is 1. The summed E-state index contributed by atoms with van der Waals surface area (Å²) in [4.78, 5) is 33.8. The van der Waals surface area contributed by atoms with E-state index in [9.17, 15) is 14.7 Å². The molecule has 0 radical (unpaired) electrons. The second-order valence-electron chi connectivity index (χ2n) is 8.39. The van der Waals surface area contributed by atoms with Crippen molar-refractivity contribution in [1.82, 2.24) is 14.8 Å². The molecule has 2 aromatic rings. The summed E-state index contributed by atoms with van der Waals surface area (Å²) < 4.78 is 5.72. The van der Waals surface area contributed by atoms with Crippen LogP contribution in [0.15, 0.2) is 48.2 Å². The molecule has 1 aromatic heterocycles. The lowest BCUT2D eigenvalue weighted by atomic mass is 9.94. The first-order chi connectivity index (χ1) is 15.3. The molecule has 7 nitrogen and oxygen atoms in total. The number of pyridine rings is 1. The molecule has 1 N–H and O–H groups in total. The summed E-state index contributed by atoms with van der Waals surface area (Å²) in [7, 11) is 3.81. The Labute approximate surface area is 189 Å². The highest BCUT2D eigenvalue weighted by atomic mass is 16.5.